The van der Waals surface area contributed by atoms with E-state index in [1.807, 2.05) is 6.07 Å². The third-order valence-electron chi connectivity index (χ3n) is 2.98. The second-order valence-electron chi connectivity index (χ2n) is 4.09. The number of hydrogen-bond acceptors (Lipinski definition) is 2. The molecule has 0 aromatic heterocycles. The van der Waals surface area contributed by atoms with Crippen molar-refractivity contribution in [3.8, 4) is 0 Å². The summed E-state index contributed by atoms with van der Waals surface area (Å²) in [5.41, 5.74) is 1.22. The molecule has 0 fully saturated rings. The Hall–Kier alpha value is -1.65. The minimum Gasteiger partial charge on any atom is -0.618 e. The summed E-state index contributed by atoms with van der Waals surface area (Å²) in [6, 6.07) is 12.0. The Bertz CT molecular complexity index is 740. The van der Waals surface area contributed by atoms with E-state index in [4.69, 9.17) is 11.6 Å². The van der Waals surface area contributed by atoms with Gasteiger partial charge in [0.1, 0.15) is 5.56 Å². The summed E-state index contributed by atoms with van der Waals surface area (Å²) >= 11 is 9.36. The van der Waals surface area contributed by atoms with E-state index in [1.165, 1.54) is 0 Å². The van der Waals surface area contributed by atoms with Gasteiger partial charge in [0.2, 0.25) is 5.69 Å². The first-order valence-electron chi connectivity index (χ1n) is 5.53. The number of fused-ring (bicyclic) bond motifs is 1. The summed E-state index contributed by atoms with van der Waals surface area (Å²) in [7, 11) is 0. The summed E-state index contributed by atoms with van der Waals surface area (Å²) in [6.07, 6.45) is 0. The second kappa shape index (κ2) is 4.47. The van der Waals surface area contributed by atoms with Gasteiger partial charge in [-0.25, -0.2) is 0 Å². The number of rotatable bonds is 1. The summed E-state index contributed by atoms with van der Waals surface area (Å²) in [4.78, 5) is 12.4. The number of carbonyl (C=O) groups excluding carboxylic acids is 1. The van der Waals surface area contributed by atoms with Crippen LogP contribution in [0.1, 0.15) is 15.9 Å². The van der Waals surface area contributed by atoms with Gasteiger partial charge in [-0.05, 0) is 34.1 Å². The highest BCUT2D eigenvalue weighted by atomic mass is 79.9. The Morgan fingerprint density at radius 2 is 1.84 bits per heavy atom. The molecule has 0 bridgehead atoms. The minimum absolute atomic E-state index is 0.0931. The van der Waals surface area contributed by atoms with Crippen LogP contribution in [0.4, 0.5) is 5.69 Å². The molecule has 2 aromatic rings. The zero-order valence-corrected chi connectivity index (χ0v) is 11.9. The molecule has 0 saturated heterocycles. The number of ketones is 1. The highest BCUT2D eigenvalue weighted by molar-refractivity contribution is 9.10. The molecule has 94 valence electrons. The Labute approximate surface area is 122 Å². The van der Waals surface area contributed by atoms with E-state index in [0.717, 1.165) is 0 Å². The van der Waals surface area contributed by atoms with E-state index in [-0.39, 0.29) is 17.1 Å². The maximum atomic E-state index is 12.4. The summed E-state index contributed by atoms with van der Waals surface area (Å²) in [5, 5.41) is 12.6. The maximum Gasteiger partial charge on any atom is 0.274 e. The quantitative estimate of drug-likeness (QED) is 0.585. The molecular formula is C14H7BrClNO2. The topological polar surface area (TPSA) is 43.1 Å². The monoisotopic (exact) mass is 335 g/mol. The zero-order valence-electron chi connectivity index (χ0n) is 9.56. The lowest BCUT2D eigenvalue weighted by Gasteiger charge is -2.03. The van der Waals surface area contributed by atoms with Crippen LogP contribution in [0.5, 0.6) is 0 Å². The third-order valence-corrected chi connectivity index (χ3v) is 3.99. The van der Waals surface area contributed by atoms with Gasteiger partial charge < -0.3 is 5.21 Å². The van der Waals surface area contributed by atoms with Crippen molar-refractivity contribution in [3.05, 3.63) is 68.3 Å². The molecule has 0 aliphatic carbocycles. The van der Waals surface area contributed by atoms with E-state index in [1.54, 1.807) is 36.4 Å². The van der Waals surface area contributed by atoms with Crippen LogP contribution < -0.4 is 0 Å². The minimum atomic E-state index is -0.345. The fourth-order valence-corrected chi connectivity index (χ4v) is 2.85. The average Bonchev–Trinajstić information content (AvgIpc) is 2.64. The lowest BCUT2D eigenvalue weighted by Crippen LogP contribution is -2.17. The van der Waals surface area contributed by atoms with Crippen LogP contribution in [-0.2, 0) is 0 Å². The van der Waals surface area contributed by atoms with E-state index in [2.05, 4.69) is 15.9 Å². The van der Waals surface area contributed by atoms with Crippen LogP contribution in [0.2, 0.25) is 5.02 Å². The van der Waals surface area contributed by atoms with Crippen LogP contribution in [0.15, 0.2) is 46.9 Å². The van der Waals surface area contributed by atoms with Gasteiger partial charge in [-0.2, -0.15) is 4.74 Å². The van der Waals surface area contributed by atoms with Gasteiger partial charge in [-0.3, -0.25) is 4.79 Å². The van der Waals surface area contributed by atoms with E-state index in [0.29, 0.717) is 25.5 Å². The SMILES string of the molecule is O=C1C(c2ccccc2Br)=[N+]([O-])c2cccc(Cl)c21. The molecule has 3 rings (SSSR count). The largest absolute Gasteiger partial charge is 0.618 e. The van der Waals surface area contributed by atoms with E-state index in [9.17, 15) is 10.0 Å². The number of halogens is 2. The van der Waals surface area contributed by atoms with E-state index >= 15 is 0 Å². The van der Waals surface area contributed by atoms with Crippen LogP contribution in [0.3, 0.4) is 0 Å². The Kier molecular flexibility index (Phi) is 2.92. The number of hydrogen-bond donors (Lipinski definition) is 0. The van der Waals surface area contributed by atoms with Gasteiger partial charge in [0.05, 0.1) is 10.6 Å². The Morgan fingerprint density at radius 1 is 1.11 bits per heavy atom. The van der Waals surface area contributed by atoms with Crippen molar-refractivity contribution in [1.29, 1.82) is 0 Å². The molecule has 1 aliphatic heterocycles. The molecule has 5 heteroatoms. The lowest BCUT2D eigenvalue weighted by atomic mass is 10.0. The first kappa shape index (κ1) is 12.4. The van der Waals surface area contributed by atoms with Crippen LogP contribution in [0.25, 0.3) is 0 Å². The molecule has 19 heavy (non-hydrogen) atoms. The van der Waals surface area contributed by atoms with Crippen molar-refractivity contribution in [2.45, 2.75) is 0 Å². The Balaban J connectivity index is 2.27. The number of nitrogens with zero attached hydrogens (tertiary/aromatic N) is 1. The standard InChI is InChI=1S/C14H7BrClNO2/c15-9-5-2-1-4-8(9)13-14(18)12-10(16)6-3-7-11(12)17(13)19/h1-7H. The fourth-order valence-electron chi connectivity index (χ4n) is 2.12. The number of Topliss-reactive ketones (excluding diaryl/α,β-unsaturated/α-hetero) is 1. The van der Waals surface area contributed by atoms with Gasteiger partial charge in [0, 0.05) is 10.5 Å². The van der Waals surface area contributed by atoms with Crippen molar-refractivity contribution in [2.75, 3.05) is 0 Å². The molecule has 0 spiro atoms. The van der Waals surface area contributed by atoms with Crippen LogP contribution >= 0.6 is 27.5 Å². The van der Waals surface area contributed by atoms with Crippen molar-refractivity contribution in [2.24, 2.45) is 0 Å². The van der Waals surface area contributed by atoms with Crippen LogP contribution in [0, 0.1) is 5.21 Å². The van der Waals surface area contributed by atoms with Gasteiger partial charge in [0.25, 0.3) is 11.5 Å². The van der Waals surface area contributed by atoms with Gasteiger partial charge in [-0.15, -0.1) is 0 Å². The molecule has 0 saturated carbocycles. The molecule has 3 nitrogen and oxygen atoms in total. The molecule has 0 radical (unpaired) electrons. The molecule has 1 heterocycles. The van der Waals surface area contributed by atoms with Crippen molar-refractivity contribution < 1.29 is 9.53 Å². The van der Waals surface area contributed by atoms with Crippen molar-refractivity contribution >= 4 is 44.7 Å². The predicted octanol–water partition coefficient (Wildman–Crippen LogP) is 3.93. The molecule has 2 aromatic carbocycles. The van der Waals surface area contributed by atoms with E-state index < -0.39 is 0 Å². The predicted molar refractivity (Wildman–Crippen MR) is 77.3 cm³/mol. The molecular weight excluding hydrogens is 330 g/mol. The molecule has 0 unspecified atom stereocenters. The highest BCUT2D eigenvalue weighted by Gasteiger charge is 2.38. The average molecular weight is 337 g/mol. The second-order valence-corrected chi connectivity index (χ2v) is 5.35. The maximum absolute atomic E-state index is 12.4. The number of benzene rings is 2. The molecule has 0 amide bonds. The zero-order chi connectivity index (χ0) is 13.6. The third kappa shape index (κ3) is 1.79. The number of carbonyl (C=O) groups is 1. The normalized spacial score (nSPS) is 13.9. The lowest BCUT2D eigenvalue weighted by molar-refractivity contribution is -0.355. The first-order chi connectivity index (χ1) is 9.11. The summed E-state index contributed by atoms with van der Waals surface area (Å²) in [5.74, 6) is -0.345. The summed E-state index contributed by atoms with van der Waals surface area (Å²) < 4.78 is 1.34. The summed E-state index contributed by atoms with van der Waals surface area (Å²) in [6.45, 7) is 0. The van der Waals surface area contributed by atoms with Crippen molar-refractivity contribution in [3.63, 3.8) is 0 Å². The van der Waals surface area contributed by atoms with Crippen LogP contribution in [-0.4, -0.2) is 16.2 Å². The van der Waals surface area contributed by atoms with Gasteiger partial charge in [0.15, 0.2) is 0 Å². The first-order valence-corrected chi connectivity index (χ1v) is 6.70. The Morgan fingerprint density at radius 3 is 2.53 bits per heavy atom. The molecule has 0 atom stereocenters. The van der Waals surface area contributed by atoms with Crippen molar-refractivity contribution in [1.82, 2.24) is 0 Å². The molecule has 0 N–H and O–H groups in total. The fraction of sp³-hybridized carbons (Fsp3) is 0. The van der Waals surface area contributed by atoms with Gasteiger partial charge >= 0.3 is 0 Å². The molecule has 1 aliphatic rings. The smallest absolute Gasteiger partial charge is 0.274 e. The highest BCUT2D eigenvalue weighted by Crippen LogP contribution is 2.34. The van der Waals surface area contributed by atoms with Gasteiger partial charge in [-0.1, -0.05) is 29.8 Å².